The highest BCUT2D eigenvalue weighted by Crippen LogP contribution is 2.18. The molecule has 0 saturated heterocycles. The normalized spacial score (nSPS) is 12.9. The lowest BCUT2D eigenvalue weighted by Crippen LogP contribution is -2.39. The molecule has 0 aliphatic heterocycles. The average Bonchev–Trinajstić information content (AvgIpc) is 2.37. The molecular formula is C13H22ClN3O3S. The number of carbonyl (C=O) groups is 1. The van der Waals surface area contributed by atoms with E-state index in [0.29, 0.717) is 5.69 Å². The molecule has 0 spiro atoms. The van der Waals surface area contributed by atoms with Crippen molar-refractivity contribution in [1.82, 2.24) is 4.31 Å². The molecule has 1 amide bonds. The Morgan fingerprint density at radius 3 is 2.33 bits per heavy atom. The van der Waals surface area contributed by atoms with E-state index < -0.39 is 16.1 Å². The van der Waals surface area contributed by atoms with E-state index in [0.717, 1.165) is 4.31 Å². The molecule has 1 rings (SSSR count). The fourth-order valence-corrected chi connectivity index (χ4v) is 2.42. The molecule has 21 heavy (non-hydrogen) atoms. The summed E-state index contributed by atoms with van der Waals surface area (Å²) in [6.07, 6.45) is 0. The highest BCUT2D eigenvalue weighted by molar-refractivity contribution is 7.89. The van der Waals surface area contributed by atoms with Crippen molar-refractivity contribution in [3.63, 3.8) is 0 Å². The number of rotatable bonds is 5. The highest BCUT2D eigenvalue weighted by atomic mass is 35.5. The van der Waals surface area contributed by atoms with Crippen LogP contribution in [0.1, 0.15) is 13.8 Å². The van der Waals surface area contributed by atoms with Crippen molar-refractivity contribution in [3.8, 4) is 0 Å². The Bertz CT molecular complexity index is 588. The van der Waals surface area contributed by atoms with Gasteiger partial charge < -0.3 is 11.1 Å². The number of hydrogen-bond donors (Lipinski definition) is 2. The maximum Gasteiger partial charge on any atom is 0.242 e. The smallest absolute Gasteiger partial charge is 0.242 e. The summed E-state index contributed by atoms with van der Waals surface area (Å²) in [6.45, 7) is 3.69. The molecule has 0 bridgehead atoms. The predicted molar refractivity (Wildman–Crippen MR) is 86.0 cm³/mol. The number of anilines is 1. The van der Waals surface area contributed by atoms with Crippen molar-refractivity contribution in [2.24, 2.45) is 11.7 Å². The van der Waals surface area contributed by atoms with Crippen LogP contribution in [0.3, 0.4) is 0 Å². The van der Waals surface area contributed by atoms with Crippen LogP contribution in [0.4, 0.5) is 5.69 Å². The molecule has 1 aromatic rings. The minimum absolute atomic E-state index is 0. The van der Waals surface area contributed by atoms with Crippen LogP contribution < -0.4 is 11.1 Å². The molecule has 8 heteroatoms. The van der Waals surface area contributed by atoms with Crippen LogP contribution in [0.2, 0.25) is 0 Å². The van der Waals surface area contributed by atoms with Crippen LogP contribution >= 0.6 is 12.4 Å². The topological polar surface area (TPSA) is 92.5 Å². The Hall–Kier alpha value is -1.15. The number of halogens is 1. The van der Waals surface area contributed by atoms with E-state index in [2.05, 4.69) is 5.32 Å². The van der Waals surface area contributed by atoms with E-state index in [1.807, 2.05) is 13.8 Å². The van der Waals surface area contributed by atoms with Crippen LogP contribution in [0.25, 0.3) is 0 Å². The molecule has 3 N–H and O–H groups in total. The Morgan fingerprint density at radius 1 is 1.29 bits per heavy atom. The number of benzene rings is 1. The van der Waals surface area contributed by atoms with Crippen molar-refractivity contribution in [3.05, 3.63) is 24.3 Å². The van der Waals surface area contributed by atoms with Crippen LogP contribution in [0, 0.1) is 5.92 Å². The van der Waals surface area contributed by atoms with E-state index in [1.165, 1.54) is 26.2 Å². The molecule has 1 atom stereocenters. The van der Waals surface area contributed by atoms with E-state index >= 15 is 0 Å². The third-order valence-corrected chi connectivity index (χ3v) is 4.71. The first kappa shape index (κ1) is 19.9. The van der Waals surface area contributed by atoms with Crippen molar-refractivity contribution < 1.29 is 13.2 Å². The van der Waals surface area contributed by atoms with Crippen LogP contribution in [-0.4, -0.2) is 38.8 Å². The van der Waals surface area contributed by atoms with E-state index in [-0.39, 0.29) is 29.1 Å². The fourth-order valence-electron chi connectivity index (χ4n) is 1.47. The summed E-state index contributed by atoms with van der Waals surface area (Å²) in [7, 11) is -0.614. The zero-order chi connectivity index (χ0) is 15.5. The molecule has 0 saturated carbocycles. The van der Waals surface area contributed by atoms with Gasteiger partial charge in [0.05, 0.1) is 10.9 Å². The lowest BCUT2D eigenvalue weighted by molar-refractivity contribution is -0.118. The first-order valence-corrected chi connectivity index (χ1v) is 7.69. The van der Waals surface area contributed by atoms with Gasteiger partial charge in [0.2, 0.25) is 15.9 Å². The van der Waals surface area contributed by atoms with Gasteiger partial charge in [-0.05, 0) is 24.1 Å². The van der Waals surface area contributed by atoms with Crippen LogP contribution in [0.5, 0.6) is 0 Å². The highest BCUT2D eigenvalue weighted by Gasteiger charge is 2.20. The third kappa shape index (κ3) is 4.96. The molecule has 1 aromatic carbocycles. The molecule has 0 heterocycles. The SMILES string of the molecule is CC(C)[C@@H](N)C(=O)Nc1cccc(S(=O)(=O)N(C)C)c1.Cl. The first-order valence-electron chi connectivity index (χ1n) is 6.25. The number of nitrogens with two attached hydrogens (primary N) is 1. The van der Waals surface area contributed by atoms with Crippen molar-refractivity contribution >= 4 is 34.0 Å². The third-order valence-electron chi connectivity index (χ3n) is 2.90. The molecule has 0 aromatic heterocycles. The van der Waals surface area contributed by atoms with Gasteiger partial charge >= 0.3 is 0 Å². The average molecular weight is 336 g/mol. The fraction of sp³-hybridized carbons (Fsp3) is 0.462. The van der Waals surface area contributed by atoms with E-state index in [9.17, 15) is 13.2 Å². The van der Waals surface area contributed by atoms with Gasteiger partial charge in [0.1, 0.15) is 0 Å². The minimum atomic E-state index is -3.52. The Kier molecular flexibility index (Phi) is 7.32. The summed E-state index contributed by atoms with van der Waals surface area (Å²) >= 11 is 0. The molecule has 6 nitrogen and oxygen atoms in total. The molecule has 0 aliphatic rings. The zero-order valence-corrected chi connectivity index (χ0v) is 14.2. The van der Waals surface area contributed by atoms with Crippen molar-refractivity contribution in [2.45, 2.75) is 24.8 Å². The minimum Gasteiger partial charge on any atom is -0.325 e. The molecular weight excluding hydrogens is 314 g/mol. The molecule has 0 radical (unpaired) electrons. The Balaban J connectivity index is 0.00000400. The Labute approximate surface area is 132 Å². The summed E-state index contributed by atoms with van der Waals surface area (Å²) in [5.41, 5.74) is 6.15. The zero-order valence-electron chi connectivity index (χ0n) is 12.5. The maximum atomic E-state index is 12.0. The lowest BCUT2D eigenvalue weighted by Gasteiger charge is -2.16. The summed E-state index contributed by atoms with van der Waals surface area (Å²) in [4.78, 5) is 12.0. The number of nitrogens with zero attached hydrogens (tertiary/aromatic N) is 1. The standard InChI is InChI=1S/C13H21N3O3S.ClH/c1-9(2)12(14)13(17)15-10-6-5-7-11(8-10)20(18,19)16(3)4;/h5-9,12H,14H2,1-4H3,(H,15,17);1H/t12-;/m1./s1. The molecule has 120 valence electrons. The van der Waals surface area contributed by atoms with Gasteiger partial charge in [-0.1, -0.05) is 19.9 Å². The van der Waals surface area contributed by atoms with Gasteiger partial charge in [0.15, 0.2) is 0 Å². The van der Waals surface area contributed by atoms with Gasteiger partial charge in [0.25, 0.3) is 0 Å². The van der Waals surface area contributed by atoms with E-state index in [4.69, 9.17) is 5.73 Å². The summed E-state index contributed by atoms with van der Waals surface area (Å²) in [5, 5.41) is 2.63. The largest absolute Gasteiger partial charge is 0.325 e. The van der Waals surface area contributed by atoms with Gasteiger partial charge in [-0.25, -0.2) is 12.7 Å². The van der Waals surface area contributed by atoms with Gasteiger partial charge in [-0.2, -0.15) is 0 Å². The molecule has 0 unspecified atom stereocenters. The summed E-state index contributed by atoms with van der Waals surface area (Å²) in [6, 6.07) is 5.46. The second-order valence-corrected chi connectivity index (χ2v) is 7.23. The maximum absolute atomic E-state index is 12.0. The summed E-state index contributed by atoms with van der Waals surface area (Å²) in [5.74, 6) is -0.330. The van der Waals surface area contributed by atoms with Gasteiger partial charge in [-0.3, -0.25) is 4.79 Å². The number of amides is 1. The van der Waals surface area contributed by atoms with Gasteiger partial charge in [-0.15, -0.1) is 12.4 Å². The first-order chi connectivity index (χ1) is 9.16. The number of nitrogens with one attached hydrogen (secondary N) is 1. The monoisotopic (exact) mass is 335 g/mol. The van der Waals surface area contributed by atoms with Crippen LogP contribution in [-0.2, 0) is 14.8 Å². The van der Waals surface area contributed by atoms with Crippen LogP contribution in [0.15, 0.2) is 29.2 Å². The van der Waals surface area contributed by atoms with E-state index in [1.54, 1.807) is 12.1 Å². The lowest BCUT2D eigenvalue weighted by atomic mass is 10.1. The van der Waals surface area contributed by atoms with Gasteiger partial charge in [0, 0.05) is 19.8 Å². The number of carbonyl (C=O) groups excluding carboxylic acids is 1. The number of sulfonamides is 1. The second kappa shape index (κ2) is 7.74. The summed E-state index contributed by atoms with van der Waals surface area (Å²) < 4.78 is 25.1. The molecule has 0 fully saturated rings. The Morgan fingerprint density at radius 2 is 1.86 bits per heavy atom. The van der Waals surface area contributed by atoms with Crippen molar-refractivity contribution in [2.75, 3.05) is 19.4 Å². The van der Waals surface area contributed by atoms with Crippen molar-refractivity contribution in [1.29, 1.82) is 0 Å². The second-order valence-electron chi connectivity index (χ2n) is 5.07. The number of hydrogen-bond acceptors (Lipinski definition) is 4. The molecule has 0 aliphatic carbocycles. The predicted octanol–water partition coefficient (Wildman–Crippen LogP) is 1.28. The quantitative estimate of drug-likeness (QED) is 0.847.